The Hall–Kier alpha value is -0.470. The number of hydrogen-bond donors (Lipinski definition) is 1. The molecule has 1 atom stereocenters. The number of aliphatic hydroxyl groups excluding tert-OH is 1. The van der Waals surface area contributed by atoms with Crippen LogP contribution in [0.25, 0.3) is 0 Å². The molecule has 1 aromatic carbocycles. The van der Waals surface area contributed by atoms with E-state index in [9.17, 15) is 5.11 Å². The van der Waals surface area contributed by atoms with E-state index >= 15 is 0 Å². The van der Waals surface area contributed by atoms with Gasteiger partial charge in [0.25, 0.3) is 0 Å². The average Bonchev–Trinajstić information content (AvgIpc) is 2.23. The number of thioether (sulfide) groups is 1. The Bertz CT molecular complexity index is 320. The topological polar surface area (TPSA) is 20.2 Å². The molecule has 1 aliphatic carbocycles. The van der Waals surface area contributed by atoms with Gasteiger partial charge in [-0.25, -0.2) is 0 Å². The van der Waals surface area contributed by atoms with Gasteiger partial charge in [-0.15, -0.1) is 11.8 Å². The van der Waals surface area contributed by atoms with Crippen molar-refractivity contribution < 1.29 is 5.11 Å². The highest BCUT2D eigenvalue weighted by Crippen LogP contribution is 2.36. The van der Waals surface area contributed by atoms with Crippen molar-refractivity contribution in [1.82, 2.24) is 0 Å². The van der Waals surface area contributed by atoms with Gasteiger partial charge in [-0.2, -0.15) is 0 Å². The molecule has 1 nitrogen and oxygen atoms in total. The molecular formula is C13H18OS. The molecule has 0 saturated heterocycles. The minimum atomic E-state index is -0.265. The third-order valence-corrected chi connectivity index (χ3v) is 4.09. The summed E-state index contributed by atoms with van der Waals surface area (Å²) in [5, 5.41) is 10.2. The molecule has 1 saturated carbocycles. The quantitative estimate of drug-likeness (QED) is 0.785. The minimum Gasteiger partial charge on any atom is -0.388 e. The van der Waals surface area contributed by atoms with Gasteiger partial charge in [0, 0.05) is 4.90 Å². The Kier molecular flexibility index (Phi) is 3.71. The van der Waals surface area contributed by atoms with E-state index in [1.807, 2.05) is 12.1 Å². The van der Waals surface area contributed by atoms with Crippen LogP contribution in [0, 0.1) is 5.92 Å². The largest absolute Gasteiger partial charge is 0.388 e. The summed E-state index contributed by atoms with van der Waals surface area (Å²) in [6.45, 7) is 0. The van der Waals surface area contributed by atoms with Gasteiger partial charge in [0.1, 0.15) is 0 Å². The van der Waals surface area contributed by atoms with Crippen molar-refractivity contribution in [1.29, 1.82) is 0 Å². The molecule has 0 aliphatic heterocycles. The third kappa shape index (κ3) is 2.56. The van der Waals surface area contributed by atoms with E-state index in [4.69, 9.17) is 0 Å². The van der Waals surface area contributed by atoms with E-state index in [1.54, 1.807) is 11.8 Å². The molecule has 1 aliphatic rings. The number of rotatable bonds is 4. The van der Waals surface area contributed by atoms with Crippen LogP contribution >= 0.6 is 11.8 Å². The van der Waals surface area contributed by atoms with Crippen LogP contribution in [0.4, 0.5) is 0 Å². The fourth-order valence-corrected chi connectivity index (χ4v) is 2.77. The van der Waals surface area contributed by atoms with Crippen LogP contribution in [0.1, 0.15) is 37.4 Å². The number of hydrogen-bond acceptors (Lipinski definition) is 2. The van der Waals surface area contributed by atoms with Gasteiger partial charge in [0.15, 0.2) is 0 Å². The first-order valence-corrected chi connectivity index (χ1v) is 6.84. The van der Waals surface area contributed by atoms with Gasteiger partial charge >= 0.3 is 0 Å². The molecule has 1 N–H and O–H groups in total. The first-order valence-electron chi connectivity index (χ1n) is 5.62. The molecule has 15 heavy (non-hydrogen) atoms. The molecule has 0 bridgehead atoms. The van der Waals surface area contributed by atoms with E-state index in [2.05, 4.69) is 18.4 Å². The van der Waals surface area contributed by atoms with Crippen molar-refractivity contribution in [3.05, 3.63) is 29.8 Å². The second-order valence-corrected chi connectivity index (χ2v) is 5.14. The standard InChI is InChI=1S/C13H18OS/c1-15-13-8-3-2-7-11(13)12(14)9-10-5-4-6-10/h2-3,7-8,10,12,14H,4-6,9H2,1H3. The van der Waals surface area contributed by atoms with E-state index in [1.165, 1.54) is 24.2 Å². The highest BCUT2D eigenvalue weighted by molar-refractivity contribution is 7.98. The van der Waals surface area contributed by atoms with Crippen LogP contribution in [0.2, 0.25) is 0 Å². The van der Waals surface area contributed by atoms with Crippen molar-refractivity contribution in [2.24, 2.45) is 5.92 Å². The van der Waals surface area contributed by atoms with Crippen LogP contribution in [0.15, 0.2) is 29.2 Å². The smallest absolute Gasteiger partial charge is 0.0803 e. The molecule has 0 spiro atoms. The highest BCUT2D eigenvalue weighted by atomic mass is 32.2. The van der Waals surface area contributed by atoms with Gasteiger partial charge in [-0.1, -0.05) is 37.5 Å². The molecule has 1 aromatic rings. The molecule has 1 fully saturated rings. The van der Waals surface area contributed by atoms with Gasteiger partial charge in [-0.05, 0) is 30.2 Å². The first-order chi connectivity index (χ1) is 7.31. The van der Waals surface area contributed by atoms with Crippen LogP contribution < -0.4 is 0 Å². The molecule has 2 heteroatoms. The zero-order chi connectivity index (χ0) is 10.7. The molecule has 82 valence electrons. The van der Waals surface area contributed by atoms with Gasteiger partial charge in [0.2, 0.25) is 0 Å². The molecule has 0 heterocycles. The Balaban J connectivity index is 2.05. The number of benzene rings is 1. The summed E-state index contributed by atoms with van der Waals surface area (Å²) in [5.41, 5.74) is 1.11. The second-order valence-electron chi connectivity index (χ2n) is 4.29. The predicted molar refractivity (Wildman–Crippen MR) is 65.1 cm³/mol. The lowest BCUT2D eigenvalue weighted by molar-refractivity contribution is 0.116. The lowest BCUT2D eigenvalue weighted by Crippen LogP contribution is -2.15. The molecule has 0 aromatic heterocycles. The van der Waals surface area contributed by atoms with Crippen molar-refractivity contribution >= 4 is 11.8 Å². The fourth-order valence-electron chi connectivity index (χ4n) is 2.11. The molecule has 1 unspecified atom stereocenters. The number of aliphatic hydroxyl groups is 1. The summed E-state index contributed by atoms with van der Waals surface area (Å²) in [6, 6.07) is 8.18. The lowest BCUT2D eigenvalue weighted by atomic mass is 9.80. The zero-order valence-electron chi connectivity index (χ0n) is 9.15. The minimum absolute atomic E-state index is 0.265. The van der Waals surface area contributed by atoms with Crippen molar-refractivity contribution in [3.8, 4) is 0 Å². The van der Waals surface area contributed by atoms with E-state index in [0.717, 1.165) is 17.9 Å². The van der Waals surface area contributed by atoms with Crippen molar-refractivity contribution in [3.63, 3.8) is 0 Å². The Morgan fingerprint density at radius 3 is 2.73 bits per heavy atom. The van der Waals surface area contributed by atoms with Gasteiger partial charge < -0.3 is 5.11 Å². The van der Waals surface area contributed by atoms with Gasteiger partial charge in [0.05, 0.1) is 6.10 Å². The van der Waals surface area contributed by atoms with E-state index in [0.29, 0.717) is 0 Å². The Morgan fingerprint density at radius 1 is 1.40 bits per heavy atom. The Morgan fingerprint density at radius 2 is 2.13 bits per heavy atom. The predicted octanol–water partition coefficient (Wildman–Crippen LogP) is 3.63. The Labute approximate surface area is 95.9 Å². The molecule has 2 rings (SSSR count). The highest BCUT2D eigenvalue weighted by Gasteiger charge is 2.22. The monoisotopic (exact) mass is 222 g/mol. The molecule has 0 radical (unpaired) electrons. The second kappa shape index (κ2) is 5.04. The lowest BCUT2D eigenvalue weighted by Gasteiger charge is -2.28. The SMILES string of the molecule is CSc1ccccc1C(O)CC1CCC1. The maximum Gasteiger partial charge on any atom is 0.0803 e. The summed E-state index contributed by atoms with van der Waals surface area (Å²) < 4.78 is 0. The van der Waals surface area contributed by atoms with Crippen LogP contribution in [-0.4, -0.2) is 11.4 Å². The van der Waals surface area contributed by atoms with E-state index < -0.39 is 0 Å². The summed E-state index contributed by atoms with van der Waals surface area (Å²) in [5.74, 6) is 0.759. The fraction of sp³-hybridized carbons (Fsp3) is 0.538. The normalized spacial score (nSPS) is 18.5. The maximum absolute atomic E-state index is 10.2. The van der Waals surface area contributed by atoms with Crippen LogP contribution in [0.3, 0.4) is 0 Å². The summed E-state index contributed by atoms with van der Waals surface area (Å²) >= 11 is 1.72. The maximum atomic E-state index is 10.2. The van der Waals surface area contributed by atoms with E-state index in [-0.39, 0.29) is 6.10 Å². The summed E-state index contributed by atoms with van der Waals surface area (Å²) in [7, 11) is 0. The van der Waals surface area contributed by atoms with Crippen LogP contribution in [0.5, 0.6) is 0 Å². The summed E-state index contributed by atoms with van der Waals surface area (Å²) in [4.78, 5) is 1.21. The average molecular weight is 222 g/mol. The van der Waals surface area contributed by atoms with Crippen LogP contribution in [-0.2, 0) is 0 Å². The van der Waals surface area contributed by atoms with Crippen molar-refractivity contribution in [2.75, 3.05) is 6.26 Å². The zero-order valence-corrected chi connectivity index (χ0v) is 9.96. The first kappa shape index (κ1) is 11.0. The summed E-state index contributed by atoms with van der Waals surface area (Å²) in [6.07, 6.45) is 6.70. The third-order valence-electron chi connectivity index (χ3n) is 3.28. The van der Waals surface area contributed by atoms with Gasteiger partial charge in [-0.3, -0.25) is 0 Å². The van der Waals surface area contributed by atoms with Crippen molar-refractivity contribution in [2.45, 2.75) is 36.7 Å². The molecular weight excluding hydrogens is 204 g/mol. The molecule has 0 amide bonds.